The SMILES string of the molecule is CO/C=C1\C[C@@H](C)N2CN(C(=O)c3c(OCc4ccccc4)c(=O)c(C(=O)NCc4c(F)cc(F)cc4F)cn32)[C@H]1C. The Bertz CT molecular complexity index is 1600. The van der Waals surface area contributed by atoms with Crippen molar-refractivity contribution in [2.45, 2.75) is 45.5 Å². The number of carbonyl (C=O) groups excluding carboxylic acids is 2. The molecule has 0 unspecified atom stereocenters. The Kier molecular flexibility index (Phi) is 7.97. The lowest BCUT2D eigenvalue weighted by Crippen LogP contribution is -2.57. The Labute approximate surface area is 239 Å². The number of benzene rings is 2. The summed E-state index contributed by atoms with van der Waals surface area (Å²) in [6.45, 7) is 3.25. The van der Waals surface area contributed by atoms with Crippen LogP contribution < -0.4 is 20.5 Å². The average Bonchev–Trinajstić information content (AvgIpc) is 3.06. The van der Waals surface area contributed by atoms with Crippen LogP contribution in [0, 0.1) is 17.5 Å². The van der Waals surface area contributed by atoms with Crippen LogP contribution in [-0.2, 0) is 17.9 Å². The number of ether oxygens (including phenoxy) is 2. The van der Waals surface area contributed by atoms with E-state index in [4.69, 9.17) is 9.47 Å². The van der Waals surface area contributed by atoms with Gasteiger partial charge < -0.3 is 19.7 Å². The number of halogens is 3. The molecule has 2 atom stereocenters. The van der Waals surface area contributed by atoms with Gasteiger partial charge in [-0.05, 0) is 31.4 Å². The molecule has 3 aromatic rings. The Morgan fingerprint density at radius 1 is 1.10 bits per heavy atom. The summed E-state index contributed by atoms with van der Waals surface area (Å²) >= 11 is 0. The maximum atomic E-state index is 14.2. The van der Waals surface area contributed by atoms with Gasteiger partial charge in [-0.15, -0.1) is 0 Å². The van der Waals surface area contributed by atoms with E-state index < -0.39 is 52.4 Å². The molecule has 2 aromatic carbocycles. The highest BCUT2D eigenvalue weighted by Gasteiger charge is 2.42. The maximum Gasteiger partial charge on any atom is 0.278 e. The van der Waals surface area contributed by atoms with Gasteiger partial charge in [0, 0.05) is 36.5 Å². The molecule has 9 nitrogen and oxygen atoms in total. The van der Waals surface area contributed by atoms with Crippen molar-refractivity contribution in [1.29, 1.82) is 0 Å². The third-order valence-electron chi connectivity index (χ3n) is 7.50. The molecular formula is C30H29F3N4O5. The van der Waals surface area contributed by atoms with Gasteiger partial charge in [0.2, 0.25) is 5.43 Å². The predicted molar refractivity (Wildman–Crippen MR) is 147 cm³/mol. The Morgan fingerprint density at radius 2 is 1.79 bits per heavy atom. The number of rotatable bonds is 7. The zero-order valence-corrected chi connectivity index (χ0v) is 23.2. The number of amides is 2. The van der Waals surface area contributed by atoms with Crippen LogP contribution in [0.1, 0.15) is 52.2 Å². The van der Waals surface area contributed by atoms with Crippen molar-refractivity contribution in [2.75, 3.05) is 18.8 Å². The molecule has 0 saturated carbocycles. The molecule has 0 spiro atoms. The number of methoxy groups -OCH3 is 1. The van der Waals surface area contributed by atoms with Gasteiger partial charge in [-0.25, -0.2) is 13.2 Å². The lowest BCUT2D eigenvalue weighted by atomic mass is 10.0. The van der Waals surface area contributed by atoms with Crippen LogP contribution in [0.2, 0.25) is 0 Å². The van der Waals surface area contributed by atoms with Gasteiger partial charge in [0.15, 0.2) is 11.4 Å². The van der Waals surface area contributed by atoms with Gasteiger partial charge in [-0.1, -0.05) is 30.3 Å². The summed E-state index contributed by atoms with van der Waals surface area (Å²) in [5.74, 6) is -5.22. The number of nitrogens with zero attached hydrogens (tertiary/aromatic N) is 3. The number of aromatic nitrogens is 1. The van der Waals surface area contributed by atoms with E-state index in [0.29, 0.717) is 18.6 Å². The molecule has 12 heteroatoms. The van der Waals surface area contributed by atoms with Gasteiger partial charge in [-0.3, -0.25) is 24.1 Å². The second-order valence-electron chi connectivity index (χ2n) is 10.2. The number of nitrogens with one attached hydrogen (secondary N) is 1. The fourth-order valence-corrected chi connectivity index (χ4v) is 5.20. The van der Waals surface area contributed by atoms with Crippen molar-refractivity contribution in [3.05, 3.63) is 111 Å². The largest absolute Gasteiger partial charge is 0.504 e. The molecule has 1 N–H and O–H groups in total. The topological polar surface area (TPSA) is 93.1 Å². The molecule has 0 aliphatic carbocycles. The number of fused-ring (bicyclic) bond motifs is 4. The Hall–Kier alpha value is -4.74. The van der Waals surface area contributed by atoms with Crippen LogP contribution in [0.3, 0.4) is 0 Å². The first-order chi connectivity index (χ1) is 20.1. The monoisotopic (exact) mass is 582 g/mol. The van der Waals surface area contributed by atoms with Crippen molar-refractivity contribution in [3.8, 4) is 5.75 Å². The van der Waals surface area contributed by atoms with E-state index in [1.54, 1.807) is 35.4 Å². The van der Waals surface area contributed by atoms with Gasteiger partial charge in [0.25, 0.3) is 11.8 Å². The van der Waals surface area contributed by atoms with Crippen molar-refractivity contribution in [3.63, 3.8) is 0 Å². The minimum Gasteiger partial charge on any atom is -0.504 e. The van der Waals surface area contributed by atoms with E-state index in [9.17, 15) is 27.6 Å². The summed E-state index contributed by atoms with van der Waals surface area (Å²) in [4.78, 5) is 42.6. The fourth-order valence-electron chi connectivity index (χ4n) is 5.20. The second kappa shape index (κ2) is 11.6. The molecular weight excluding hydrogens is 553 g/mol. The number of hydrogen-bond donors (Lipinski definition) is 1. The Balaban J connectivity index is 1.58. The van der Waals surface area contributed by atoms with Crippen LogP contribution >= 0.6 is 0 Å². The standard InChI is InChI=1S/C30H29F3N4O5/c1-17-9-20(15-41-3)18(2)35-16-37(17)36-13-23(29(39)34-12-22-24(32)10-21(31)11-25(22)33)27(38)28(26(36)30(35)40)42-14-19-7-5-4-6-8-19/h4-8,10-11,13,15,17-18H,9,12,14,16H2,1-3H3,(H,34,39)/b20-15+/t17-,18+/m1/s1. The molecule has 2 aliphatic rings. The molecule has 1 fully saturated rings. The third kappa shape index (κ3) is 5.31. The molecule has 1 aromatic heterocycles. The lowest BCUT2D eigenvalue weighted by molar-refractivity contribution is 0.0646. The minimum absolute atomic E-state index is 0.0493. The molecule has 5 rings (SSSR count). The van der Waals surface area contributed by atoms with E-state index in [2.05, 4.69) is 5.32 Å². The highest BCUT2D eigenvalue weighted by molar-refractivity contribution is 5.99. The van der Waals surface area contributed by atoms with E-state index in [1.807, 2.05) is 24.9 Å². The summed E-state index contributed by atoms with van der Waals surface area (Å²) < 4.78 is 54.4. The van der Waals surface area contributed by atoms with Gasteiger partial charge in [-0.2, -0.15) is 0 Å². The van der Waals surface area contributed by atoms with Gasteiger partial charge in [0.1, 0.15) is 36.3 Å². The van der Waals surface area contributed by atoms with Crippen molar-refractivity contribution < 1.29 is 32.2 Å². The summed E-state index contributed by atoms with van der Waals surface area (Å²) in [5, 5.41) is 4.16. The number of hydrogen-bond acceptors (Lipinski definition) is 6. The molecule has 2 amide bonds. The molecule has 0 radical (unpaired) electrons. The van der Waals surface area contributed by atoms with Crippen LogP contribution in [0.25, 0.3) is 0 Å². The normalized spacial score (nSPS) is 18.9. The van der Waals surface area contributed by atoms with Crippen molar-refractivity contribution in [2.24, 2.45) is 0 Å². The highest BCUT2D eigenvalue weighted by Crippen LogP contribution is 2.32. The third-order valence-corrected chi connectivity index (χ3v) is 7.50. The van der Waals surface area contributed by atoms with Crippen LogP contribution in [0.5, 0.6) is 5.75 Å². The van der Waals surface area contributed by atoms with Crippen molar-refractivity contribution in [1.82, 2.24) is 14.9 Å². The van der Waals surface area contributed by atoms with Crippen molar-refractivity contribution >= 4 is 11.8 Å². The molecule has 2 aliphatic heterocycles. The van der Waals surface area contributed by atoms with Crippen LogP contribution in [-0.4, -0.2) is 47.3 Å². The Morgan fingerprint density at radius 3 is 2.45 bits per heavy atom. The first kappa shape index (κ1) is 28.8. The first-order valence-electron chi connectivity index (χ1n) is 13.3. The van der Waals surface area contributed by atoms with E-state index in [1.165, 1.54) is 18.0 Å². The maximum absolute atomic E-state index is 14.2. The van der Waals surface area contributed by atoms with E-state index in [0.717, 1.165) is 11.1 Å². The number of pyridine rings is 1. The zero-order chi connectivity index (χ0) is 30.1. The molecule has 220 valence electrons. The van der Waals surface area contributed by atoms with Crippen LogP contribution in [0.4, 0.5) is 13.2 Å². The summed E-state index contributed by atoms with van der Waals surface area (Å²) in [6, 6.07) is 9.43. The molecule has 2 bridgehead atoms. The fraction of sp³-hybridized carbons (Fsp3) is 0.300. The summed E-state index contributed by atoms with van der Waals surface area (Å²) in [5.41, 5.74) is -0.292. The zero-order valence-electron chi connectivity index (χ0n) is 23.2. The molecule has 3 heterocycles. The summed E-state index contributed by atoms with van der Waals surface area (Å²) in [6.07, 6.45) is 3.36. The van der Waals surface area contributed by atoms with E-state index in [-0.39, 0.29) is 36.8 Å². The minimum atomic E-state index is -1.18. The van der Waals surface area contributed by atoms with E-state index >= 15 is 0 Å². The van der Waals surface area contributed by atoms with Gasteiger partial charge in [0.05, 0.1) is 19.4 Å². The first-order valence-corrected chi connectivity index (χ1v) is 13.3. The van der Waals surface area contributed by atoms with Gasteiger partial charge >= 0.3 is 0 Å². The smallest absolute Gasteiger partial charge is 0.278 e. The average molecular weight is 583 g/mol. The van der Waals surface area contributed by atoms with Crippen LogP contribution in [0.15, 0.2) is 65.3 Å². The quantitative estimate of drug-likeness (QED) is 0.426. The highest BCUT2D eigenvalue weighted by atomic mass is 19.1. The number of carbonyl (C=O) groups is 2. The predicted octanol–water partition coefficient (Wildman–Crippen LogP) is 3.84. The molecule has 1 saturated heterocycles. The molecule has 42 heavy (non-hydrogen) atoms. The summed E-state index contributed by atoms with van der Waals surface area (Å²) in [7, 11) is 1.52. The lowest BCUT2D eigenvalue weighted by Gasteiger charge is -2.42. The second-order valence-corrected chi connectivity index (χ2v) is 10.2.